The second-order valence-electron chi connectivity index (χ2n) is 3.50. The van der Waals surface area contributed by atoms with E-state index in [1.807, 2.05) is 0 Å². The van der Waals surface area contributed by atoms with Crippen LogP contribution in [0.1, 0.15) is 12.8 Å². The fraction of sp³-hybridized carbons (Fsp3) is 0.300. The highest BCUT2D eigenvalue weighted by Gasteiger charge is 2.27. The number of carbonyl (C=O) groups is 2. The van der Waals surface area contributed by atoms with Crippen molar-refractivity contribution >= 4 is 33.4 Å². The minimum atomic E-state index is -0.424. The monoisotopic (exact) mass is 283 g/mol. The molecule has 16 heavy (non-hydrogen) atoms. The first-order valence-electron chi connectivity index (χ1n) is 4.86. The fourth-order valence-corrected chi connectivity index (χ4v) is 1.86. The molecule has 0 aromatic carbocycles. The van der Waals surface area contributed by atoms with Crippen molar-refractivity contribution < 1.29 is 9.59 Å². The molecule has 1 aliphatic heterocycles. The molecule has 2 heterocycles. The molecule has 5 nitrogen and oxygen atoms in total. The number of amides is 2. The maximum absolute atomic E-state index is 11.7. The molecule has 0 bridgehead atoms. The Bertz CT molecular complexity index is 436. The zero-order chi connectivity index (χ0) is 11.5. The third-order valence-corrected chi connectivity index (χ3v) is 2.97. The van der Waals surface area contributed by atoms with E-state index in [4.69, 9.17) is 0 Å². The summed E-state index contributed by atoms with van der Waals surface area (Å²) in [6.07, 6.45) is 4.15. The normalized spacial score (nSPS) is 19.3. The summed E-state index contributed by atoms with van der Waals surface area (Å²) in [5, 5.41) is 5.34. The van der Waals surface area contributed by atoms with E-state index < -0.39 is 6.04 Å². The Morgan fingerprint density at radius 2 is 2.44 bits per heavy atom. The van der Waals surface area contributed by atoms with Gasteiger partial charge in [0.1, 0.15) is 6.04 Å². The van der Waals surface area contributed by atoms with Crippen molar-refractivity contribution in [3.63, 3.8) is 0 Å². The summed E-state index contributed by atoms with van der Waals surface area (Å²) in [4.78, 5) is 26.6. The summed E-state index contributed by atoms with van der Waals surface area (Å²) in [7, 11) is 0. The van der Waals surface area contributed by atoms with Gasteiger partial charge in [-0.3, -0.25) is 14.6 Å². The van der Waals surface area contributed by atoms with E-state index in [1.54, 1.807) is 18.5 Å². The minimum absolute atomic E-state index is 0.0751. The molecule has 1 aliphatic rings. The van der Waals surface area contributed by atoms with Crippen molar-refractivity contribution in [2.45, 2.75) is 18.9 Å². The Hall–Kier alpha value is -1.43. The lowest BCUT2D eigenvalue weighted by Gasteiger charge is -2.11. The molecule has 84 valence electrons. The lowest BCUT2D eigenvalue weighted by atomic mass is 10.2. The van der Waals surface area contributed by atoms with Gasteiger partial charge in [-0.2, -0.15) is 0 Å². The predicted molar refractivity (Wildman–Crippen MR) is 61.7 cm³/mol. The van der Waals surface area contributed by atoms with E-state index in [9.17, 15) is 9.59 Å². The molecular weight excluding hydrogens is 274 g/mol. The van der Waals surface area contributed by atoms with Crippen LogP contribution in [0, 0.1) is 0 Å². The number of hydrogen-bond acceptors (Lipinski definition) is 3. The summed E-state index contributed by atoms with van der Waals surface area (Å²) in [6.45, 7) is 0. The van der Waals surface area contributed by atoms with Gasteiger partial charge in [-0.15, -0.1) is 0 Å². The number of halogens is 1. The van der Waals surface area contributed by atoms with Crippen molar-refractivity contribution in [1.29, 1.82) is 0 Å². The highest BCUT2D eigenvalue weighted by Crippen LogP contribution is 2.20. The summed E-state index contributed by atoms with van der Waals surface area (Å²) in [6, 6.07) is 1.27. The third-order valence-electron chi connectivity index (χ3n) is 2.34. The van der Waals surface area contributed by atoms with Crippen LogP contribution in [0.5, 0.6) is 0 Å². The molecule has 1 fully saturated rings. The Morgan fingerprint density at radius 1 is 1.62 bits per heavy atom. The van der Waals surface area contributed by atoms with Crippen LogP contribution >= 0.6 is 15.9 Å². The highest BCUT2D eigenvalue weighted by molar-refractivity contribution is 9.10. The molecule has 2 amide bonds. The second-order valence-corrected chi connectivity index (χ2v) is 4.36. The van der Waals surface area contributed by atoms with Gasteiger partial charge < -0.3 is 10.6 Å². The van der Waals surface area contributed by atoms with Gasteiger partial charge in [0, 0.05) is 18.8 Å². The van der Waals surface area contributed by atoms with E-state index >= 15 is 0 Å². The van der Waals surface area contributed by atoms with E-state index in [0.717, 1.165) is 0 Å². The number of anilines is 1. The van der Waals surface area contributed by atoms with E-state index in [1.165, 1.54) is 0 Å². The van der Waals surface area contributed by atoms with Gasteiger partial charge in [0.15, 0.2) is 0 Å². The number of rotatable bonds is 2. The van der Waals surface area contributed by atoms with Crippen LogP contribution in [0.25, 0.3) is 0 Å². The first-order valence-corrected chi connectivity index (χ1v) is 5.66. The van der Waals surface area contributed by atoms with Crippen molar-refractivity contribution in [2.75, 3.05) is 5.32 Å². The largest absolute Gasteiger partial charge is 0.344 e. The lowest BCUT2D eigenvalue weighted by molar-refractivity contribution is -0.122. The molecule has 2 rings (SSSR count). The number of aromatic nitrogens is 1. The third kappa shape index (κ3) is 2.38. The summed E-state index contributed by atoms with van der Waals surface area (Å²) in [5.41, 5.74) is 0.654. The Labute approximate surface area is 101 Å². The Balaban J connectivity index is 2.03. The van der Waals surface area contributed by atoms with Gasteiger partial charge in [0.25, 0.3) is 0 Å². The molecule has 1 aromatic rings. The minimum Gasteiger partial charge on any atom is -0.344 e. The first kappa shape index (κ1) is 11.1. The van der Waals surface area contributed by atoms with E-state index in [0.29, 0.717) is 23.0 Å². The van der Waals surface area contributed by atoms with Crippen molar-refractivity contribution in [2.24, 2.45) is 0 Å². The molecule has 1 saturated heterocycles. The molecule has 0 aliphatic carbocycles. The predicted octanol–water partition coefficient (Wildman–Crippen LogP) is 1.06. The van der Waals surface area contributed by atoms with Crippen LogP contribution in [0.3, 0.4) is 0 Å². The number of carbonyl (C=O) groups excluding carboxylic acids is 2. The molecule has 2 N–H and O–H groups in total. The zero-order valence-electron chi connectivity index (χ0n) is 8.37. The molecule has 0 saturated carbocycles. The summed E-state index contributed by atoms with van der Waals surface area (Å²) >= 11 is 3.28. The van der Waals surface area contributed by atoms with Gasteiger partial charge in [-0.05, 0) is 28.4 Å². The van der Waals surface area contributed by atoms with E-state index in [-0.39, 0.29) is 11.8 Å². The SMILES string of the molecule is O=C1CCC(C(=O)Nc2ccncc2Br)N1. The summed E-state index contributed by atoms with van der Waals surface area (Å²) in [5.74, 6) is -0.272. The highest BCUT2D eigenvalue weighted by atomic mass is 79.9. The van der Waals surface area contributed by atoms with E-state index in [2.05, 4.69) is 31.5 Å². The Kier molecular flexibility index (Phi) is 3.19. The van der Waals surface area contributed by atoms with Crippen molar-refractivity contribution in [1.82, 2.24) is 10.3 Å². The molecule has 0 spiro atoms. The zero-order valence-corrected chi connectivity index (χ0v) is 9.95. The molecule has 1 aromatic heterocycles. The first-order chi connectivity index (χ1) is 7.66. The van der Waals surface area contributed by atoms with Crippen molar-refractivity contribution in [3.05, 3.63) is 22.9 Å². The fourth-order valence-electron chi connectivity index (χ4n) is 1.51. The molecule has 1 atom stereocenters. The van der Waals surface area contributed by atoms with Crippen LogP contribution in [0.15, 0.2) is 22.9 Å². The lowest BCUT2D eigenvalue weighted by Crippen LogP contribution is -2.37. The van der Waals surface area contributed by atoms with Gasteiger partial charge in [-0.25, -0.2) is 0 Å². The van der Waals surface area contributed by atoms with Crippen LogP contribution in [0.4, 0.5) is 5.69 Å². The van der Waals surface area contributed by atoms with Gasteiger partial charge >= 0.3 is 0 Å². The smallest absolute Gasteiger partial charge is 0.246 e. The molecule has 0 radical (unpaired) electrons. The Morgan fingerprint density at radius 3 is 3.06 bits per heavy atom. The number of hydrogen-bond donors (Lipinski definition) is 2. The van der Waals surface area contributed by atoms with Crippen molar-refractivity contribution in [3.8, 4) is 0 Å². The number of nitrogens with zero attached hydrogens (tertiary/aromatic N) is 1. The standard InChI is InChI=1S/C10H10BrN3O2/c11-6-5-12-4-3-7(6)14-10(16)8-1-2-9(15)13-8/h3-5,8H,1-2H2,(H,13,15)(H,12,14,16). The second kappa shape index (κ2) is 4.61. The van der Waals surface area contributed by atoms with Crippen LogP contribution < -0.4 is 10.6 Å². The van der Waals surface area contributed by atoms with Gasteiger partial charge in [-0.1, -0.05) is 0 Å². The summed E-state index contributed by atoms with van der Waals surface area (Å²) < 4.78 is 0.715. The number of pyridine rings is 1. The molecular formula is C10H10BrN3O2. The maximum atomic E-state index is 11.7. The molecule has 1 unspecified atom stereocenters. The molecule has 6 heteroatoms. The quantitative estimate of drug-likeness (QED) is 0.853. The van der Waals surface area contributed by atoms with Crippen LogP contribution in [0.2, 0.25) is 0 Å². The van der Waals surface area contributed by atoms with Gasteiger partial charge in [0.2, 0.25) is 11.8 Å². The topological polar surface area (TPSA) is 71.1 Å². The number of nitrogens with one attached hydrogen (secondary N) is 2. The van der Waals surface area contributed by atoms with Crippen LogP contribution in [-0.4, -0.2) is 22.8 Å². The van der Waals surface area contributed by atoms with Crippen LogP contribution in [-0.2, 0) is 9.59 Å². The average molecular weight is 284 g/mol. The average Bonchev–Trinajstić information content (AvgIpc) is 2.68. The van der Waals surface area contributed by atoms with Gasteiger partial charge in [0.05, 0.1) is 10.2 Å². The maximum Gasteiger partial charge on any atom is 0.246 e.